The SMILES string of the molecule is Cc1nccc2c(O)c(O)ccc12. The van der Waals surface area contributed by atoms with Crippen molar-refractivity contribution in [3.05, 3.63) is 30.1 Å². The minimum absolute atomic E-state index is 0.0806. The smallest absolute Gasteiger partial charge is 0.165 e. The monoisotopic (exact) mass is 175 g/mol. The molecule has 2 rings (SSSR count). The molecule has 1 heterocycles. The second kappa shape index (κ2) is 2.62. The third-order valence-electron chi connectivity index (χ3n) is 2.09. The molecule has 0 fully saturated rings. The summed E-state index contributed by atoms with van der Waals surface area (Å²) in [6.45, 7) is 1.86. The van der Waals surface area contributed by atoms with Crippen molar-refractivity contribution in [1.82, 2.24) is 4.98 Å². The molecule has 2 N–H and O–H groups in total. The number of fused-ring (bicyclic) bond motifs is 1. The van der Waals surface area contributed by atoms with E-state index >= 15 is 0 Å². The molecule has 66 valence electrons. The highest BCUT2D eigenvalue weighted by Gasteiger charge is 2.05. The van der Waals surface area contributed by atoms with Crippen LogP contribution in [0.15, 0.2) is 24.4 Å². The Hall–Kier alpha value is -1.77. The van der Waals surface area contributed by atoms with E-state index in [1.165, 1.54) is 6.07 Å². The van der Waals surface area contributed by atoms with Gasteiger partial charge in [0.1, 0.15) is 0 Å². The number of nitrogens with zero attached hydrogens (tertiary/aromatic N) is 1. The molecule has 0 bridgehead atoms. The lowest BCUT2D eigenvalue weighted by Gasteiger charge is -2.04. The van der Waals surface area contributed by atoms with E-state index in [2.05, 4.69) is 4.98 Å². The van der Waals surface area contributed by atoms with Crippen molar-refractivity contribution in [3.8, 4) is 11.5 Å². The van der Waals surface area contributed by atoms with Gasteiger partial charge in [-0.2, -0.15) is 0 Å². The molecule has 0 radical (unpaired) electrons. The standard InChI is InChI=1S/C10H9NO2/c1-6-7-2-3-9(12)10(13)8(7)4-5-11-6/h2-5,12-13H,1H3. The van der Waals surface area contributed by atoms with Gasteiger partial charge in [-0.05, 0) is 25.1 Å². The Morgan fingerprint density at radius 3 is 2.62 bits per heavy atom. The fourth-order valence-corrected chi connectivity index (χ4v) is 1.37. The van der Waals surface area contributed by atoms with Crippen LogP contribution < -0.4 is 0 Å². The van der Waals surface area contributed by atoms with Gasteiger partial charge in [-0.1, -0.05) is 0 Å². The number of aromatic hydroxyl groups is 2. The Kier molecular flexibility index (Phi) is 1.59. The van der Waals surface area contributed by atoms with Crippen molar-refractivity contribution in [3.63, 3.8) is 0 Å². The predicted molar refractivity (Wildman–Crippen MR) is 49.8 cm³/mol. The molecule has 3 nitrogen and oxygen atoms in total. The van der Waals surface area contributed by atoms with Crippen LogP contribution in [0.5, 0.6) is 11.5 Å². The number of hydrogen-bond acceptors (Lipinski definition) is 3. The molecular weight excluding hydrogens is 166 g/mol. The lowest BCUT2D eigenvalue weighted by molar-refractivity contribution is 0.408. The van der Waals surface area contributed by atoms with Crippen LogP contribution in [0.4, 0.5) is 0 Å². The van der Waals surface area contributed by atoms with Crippen molar-refractivity contribution < 1.29 is 10.2 Å². The molecule has 0 saturated carbocycles. The van der Waals surface area contributed by atoms with Crippen molar-refractivity contribution in [1.29, 1.82) is 0 Å². The molecule has 0 aliphatic carbocycles. The number of aryl methyl sites for hydroxylation is 1. The topological polar surface area (TPSA) is 53.4 Å². The van der Waals surface area contributed by atoms with Gasteiger partial charge in [0.25, 0.3) is 0 Å². The molecule has 13 heavy (non-hydrogen) atoms. The maximum Gasteiger partial charge on any atom is 0.165 e. The molecule has 1 aromatic heterocycles. The Morgan fingerprint density at radius 1 is 1.08 bits per heavy atom. The summed E-state index contributed by atoms with van der Waals surface area (Å²) < 4.78 is 0. The Bertz CT molecular complexity index is 466. The summed E-state index contributed by atoms with van der Waals surface area (Å²) >= 11 is 0. The van der Waals surface area contributed by atoms with Gasteiger partial charge in [0.05, 0.1) is 0 Å². The molecule has 0 spiro atoms. The first-order valence-electron chi connectivity index (χ1n) is 3.96. The summed E-state index contributed by atoms with van der Waals surface area (Å²) in [6, 6.07) is 4.89. The minimum Gasteiger partial charge on any atom is -0.504 e. The van der Waals surface area contributed by atoms with Crippen LogP contribution in [0.3, 0.4) is 0 Å². The van der Waals surface area contributed by atoms with E-state index < -0.39 is 0 Å². The zero-order valence-electron chi connectivity index (χ0n) is 7.15. The molecule has 3 heteroatoms. The highest BCUT2D eigenvalue weighted by Crippen LogP contribution is 2.33. The second-order valence-electron chi connectivity index (χ2n) is 2.92. The fraction of sp³-hybridized carbons (Fsp3) is 0.100. The van der Waals surface area contributed by atoms with Crippen LogP contribution in [0.2, 0.25) is 0 Å². The molecule has 2 aromatic rings. The van der Waals surface area contributed by atoms with Crippen LogP contribution in [-0.4, -0.2) is 15.2 Å². The molecule has 0 aliphatic heterocycles. The first kappa shape index (κ1) is 7.86. The molecule has 1 aromatic carbocycles. The highest BCUT2D eigenvalue weighted by molar-refractivity contribution is 5.91. The number of phenolic OH excluding ortho intramolecular Hbond substituents is 2. The van der Waals surface area contributed by atoms with Crippen LogP contribution >= 0.6 is 0 Å². The Labute approximate surface area is 75.3 Å². The lowest BCUT2D eigenvalue weighted by Crippen LogP contribution is -1.83. The number of rotatable bonds is 0. The van der Waals surface area contributed by atoms with Gasteiger partial charge in [-0.25, -0.2) is 0 Å². The van der Waals surface area contributed by atoms with Crippen molar-refractivity contribution in [2.75, 3.05) is 0 Å². The summed E-state index contributed by atoms with van der Waals surface area (Å²) in [7, 11) is 0. The van der Waals surface area contributed by atoms with E-state index in [0.717, 1.165) is 11.1 Å². The van der Waals surface area contributed by atoms with Crippen LogP contribution in [0.25, 0.3) is 10.8 Å². The summed E-state index contributed by atoms with van der Waals surface area (Å²) in [5.41, 5.74) is 0.841. The van der Waals surface area contributed by atoms with Crippen molar-refractivity contribution in [2.24, 2.45) is 0 Å². The number of benzene rings is 1. The zero-order valence-corrected chi connectivity index (χ0v) is 7.15. The Balaban J connectivity index is 2.94. The van der Waals surface area contributed by atoms with Crippen LogP contribution in [-0.2, 0) is 0 Å². The zero-order chi connectivity index (χ0) is 9.42. The molecule has 0 atom stereocenters. The lowest BCUT2D eigenvalue weighted by atomic mass is 10.1. The minimum atomic E-state index is -0.0990. The number of hydrogen-bond donors (Lipinski definition) is 2. The summed E-state index contributed by atoms with van der Waals surface area (Å²) in [4.78, 5) is 4.09. The van der Waals surface area contributed by atoms with Crippen molar-refractivity contribution >= 4 is 10.8 Å². The normalized spacial score (nSPS) is 10.5. The maximum atomic E-state index is 9.50. The fourth-order valence-electron chi connectivity index (χ4n) is 1.37. The van der Waals surface area contributed by atoms with Gasteiger partial charge in [0.15, 0.2) is 11.5 Å². The molecule has 0 unspecified atom stereocenters. The number of aromatic nitrogens is 1. The average molecular weight is 175 g/mol. The summed E-state index contributed by atoms with van der Waals surface area (Å²) in [6.07, 6.45) is 1.61. The second-order valence-corrected chi connectivity index (χ2v) is 2.92. The van der Waals surface area contributed by atoms with Gasteiger partial charge < -0.3 is 10.2 Å². The van der Waals surface area contributed by atoms with E-state index in [1.54, 1.807) is 18.3 Å². The average Bonchev–Trinajstić information content (AvgIpc) is 2.12. The predicted octanol–water partition coefficient (Wildman–Crippen LogP) is 1.95. The quantitative estimate of drug-likeness (QED) is 0.602. The van der Waals surface area contributed by atoms with Gasteiger partial charge in [0.2, 0.25) is 0 Å². The third-order valence-corrected chi connectivity index (χ3v) is 2.09. The van der Waals surface area contributed by atoms with Gasteiger partial charge >= 0.3 is 0 Å². The van der Waals surface area contributed by atoms with E-state index in [-0.39, 0.29) is 11.5 Å². The number of phenols is 2. The summed E-state index contributed by atoms with van der Waals surface area (Å²) in [5, 5.41) is 20.2. The molecule has 0 amide bonds. The van der Waals surface area contributed by atoms with Crippen LogP contribution in [0, 0.1) is 6.92 Å². The van der Waals surface area contributed by atoms with E-state index in [4.69, 9.17) is 0 Å². The van der Waals surface area contributed by atoms with E-state index in [9.17, 15) is 10.2 Å². The van der Waals surface area contributed by atoms with Crippen molar-refractivity contribution in [2.45, 2.75) is 6.92 Å². The maximum absolute atomic E-state index is 9.50. The van der Waals surface area contributed by atoms with E-state index in [0.29, 0.717) is 5.39 Å². The van der Waals surface area contributed by atoms with Gasteiger partial charge in [-0.15, -0.1) is 0 Å². The largest absolute Gasteiger partial charge is 0.504 e. The highest BCUT2D eigenvalue weighted by atomic mass is 16.3. The molecular formula is C10H9NO2. The van der Waals surface area contributed by atoms with E-state index in [1.807, 2.05) is 6.92 Å². The Morgan fingerprint density at radius 2 is 1.85 bits per heavy atom. The molecule has 0 aliphatic rings. The number of pyridine rings is 1. The van der Waals surface area contributed by atoms with Gasteiger partial charge in [-0.3, -0.25) is 4.98 Å². The van der Waals surface area contributed by atoms with Gasteiger partial charge in [0, 0.05) is 22.7 Å². The first-order chi connectivity index (χ1) is 6.20. The third kappa shape index (κ3) is 1.09. The summed E-state index contributed by atoms with van der Waals surface area (Å²) in [5.74, 6) is -0.180. The van der Waals surface area contributed by atoms with Crippen LogP contribution in [0.1, 0.15) is 5.69 Å². The molecule has 0 saturated heterocycles. The first-order valence-corrected chi connectivity index (χ1v) is 3.96.